The van der Waals surface area contributed by atoms with Crippen LogP contribution in [0, 0.1) is 5.92 Å². The summed E-state index contributed by atoms with van der Waals surface area (Å²) in [5.74, 6) is 1.59. The Morgan fingerprint density at radius 3 is 2.96 bits per heavy atom. The Morgan fingerprint density at radius 2 is 2.19 bits per heavy atom. The first-order chi connectivity index (χ1) is 12.9. The third-order valence-electron chi connectivity index (χ3n) is 5.39. The van der Waals surface area contributed by atoms with Gasteiger partial charge in [0.1, 0.15) is 12.1 Å². The molecule has 1 atom stereocenters. The predicted octanol–water partition coefficient (Wildman–Crippen LogP) is 2.24. The molecule has 26 heavy (non-hydrogen) atoms. The molecule has 7 heteroatoms. The smallest absolute Gasteiger partial charge is 0.132 e. The van der Waals surface area contributed by atoms with Gasteiger partial charge in [-0.05, 0) is 43.7 Å². The lowest BCUT2D eigenvalue weighted by molar-refractivity contribution is 0.0592. The number of rotatable bonds is 6. The average molecular weight is 357 g/mol. The third kappa shape index (κ3) is 3.59. The number of hydrogen-bond donors (Lipinski definition) is 0. The Bertz CT molecular complexity index is 699. The van der Waals surface area contributed by atoms with Crippen molar-refractivity contribution in [2.75, 3.05) is 37.9 Å². The molecular formula is C19H27N5O2. The van der Waals surface area contributed by atoms with Gasteiger partial charge in [-0.1, -0.05) is 0 Å². The van der Waals surface area contributed by atoms with Crippen LogP contribution in [0.5, 0.6) is 0 Å². The van der Waals surface area contributed by atoms with E-state index >= 15 is 0 Å². The molecule has 1 saturated heterocycles. The van der Waals surface area contributed by atoms with E-state index in [4.69, 9.17) is 14.6 Å². The van der Waals surface area contributed by atoms with Crippen molar-refractivity contribution in [3.8, 4) is 0 Å². The second-order valence-electron chi connectivity index (χ2n) is 6.98. The molecular weight excluding hydrogens is 330 g/mol. The quantitative estimate of drug-likeness (QED) is 0.790. The maximum atomic E-state index is 5.85. The minimum atomic E-state index is 0.135. The van der Waals surface area contributed by atoms with Crippen LogP contribution >= 0.6 is 0 Å². The van der Waals surface area contributed by atoms with Crippen molar-refractivity contribution in [2.24, 2.45) is 5.92 Å². The van der Waals surface area contributed by atoms with Gasteiger partial charge in [0.05, 0.1) is 24.5 Å². The van der Waals surface area contributed by atoms with Gasteiger partial charge in [-0.3, -0.25) is 4.68 Å². The van der Waals surface area contributed by atoms with Crippen LogP contribution in [0.25, 0.3) is 0 Å². The first-order valence-electron chi connectivity index (χ1n) is 9.59. The van der Waals surface area contributed by atoms with Crippen molar-refractivity contribution in [3.05, 3.63) is 36.0 Å². The Kier molecular flexibility index (Phi) is 5.45. The molecule has 0 radical (unpaired) electrons. The Morgan fingerprint density at radius 1 is 1.31 bits per heavy atom. The molecule has 2 aliphatic heterocycles. The molecule has 0 aliphatic carbocycles. The third-order valence-corrected chi connectivity index (χ3v) is 5.39. The molecule has 0 bridgehead atoms. The van der Waals surface area contributed by atoms with E-state index in [0.29, 0.717) is 19.1 Å². The number of nitrogens with zero attached hydrogens (tertiary/aromatic N) is 5. The van der Waals surface area contributed by atoms with E-state index in [1.165, 1.54) is 11.3 Å². The van der Waals surface area contributed by atoms with Crippen molar-refractivity contribution in [1.29, 1.82) is 0 Å². The van der Waals surface area contributed by atoms with Crippen LogP contribution in [0.4, 0.5) is 5.82 Å². The van der Waals surface area contributed by atoms with E-state index in [1.54, 1.807) is 12.5 Å². The molecule has 0 spiro atoms. The standard InChI is InChI=1S/C19H27N5O2/c1-2-25-13-17-19-16(4-8-23(17)18-3-7-20-14-21-18)11-22-24(19)12-15-5-9-26-10-6-15/h3,7,11,14-15,17H,2,4-6,8-10,12-13H2,1H3. The number of hydrogen-bond acceptors (Lipinski definition) is 6. The SMILES string of the molecule is CCOCC1c2c(cnn2CC2CCOCC2)CCN1c1ccncn1. The molecule has 4 rings (SSSR count). The highest BCUT2D eigenvalue weighted by Crippen LogP contribution is 2.34. The highest BCUT2D eigenvalue weighted by Gasteiger charge is 2.33. The summed E-state index contributed by atoms with van der Waals surface area (Å²) >= 11 is 0. The zero-order valence-corrected chi connectivity index (χ0v) is 15.4. The zero-order chi connectivity index (χ0) is 17.8. The lowest BCUT2D eigenvalue weighted by Gasteiger charge is -2.37. The van der Waals surface area contributed by atoms with Crippen LogP contribution in [0.15, 0.2) is 24.8 Å². The number of aromatic nitrogens is 4. The molecule has 4 heterocycles. The lowest BCUT2D eigenvalue weighted by atomic mass is 9.97. The Labute approximate surface area is 154 Å². The van der Waals surface area contributed by atoms with Gasteiger partial charge in [0.25, 0.3) is 0 Å². The van der Waals surface area contributed by atoms with E-state index in [2.05, 4.69) is 19.5 Å². The average Bonchev–Trinajstić information content (AvgIpc) is 3.10. The van der Waals surface area contributed by atoms with Crippen molar-refractivity contribution < 1.29 is 9.47 Å². The number of anilines is 1. The van der Waals surface area contributed by atoms with Crippen molar-refractivity contribution in [3.63, 3.8) is 0 Å². The normalized spacial score (nSPS) is 21.0. The van der Waals surface area contributed by atoms with Crippen LogP contribution in [-0.2, 0) is 22.4 Å². The summed E-state index contributed by atoms with van der Waals surface area (Å²) in [6, 6.07) is 2.11. The van der Waals surface area contributed by atoms with Crippen LogP contribution in [0.2, 0.25) is 0 Å². The van der Waals surface area contributed by atoms with Gasteiger partial charge >= 0.3 is 0 Å². The van der Waals surface area contributed by atoms with Gasteiger partial charge < -0.3 is 14.4 Å². The van der Waals surface area contributed by atoms with Crippen LogP contribution in [0.3, 0.4) is 0 Å². The van der Waals surface area contributed by atoms with E-state index in [9.17, 15) is 0 Å². The van der Waals surface area contributed by atoms with Gasteiger partial charge in [0.15, 0.2) is 0 Å². The van der Waals surface area contributed by atoms with Crippen molar-refractivity contribution >= 4 is 5.82 Å². The van der Waals surface area contributed by atoms with Crippen LogP contribution < -0.4 is 4.90 Å². The first kappa shape index (κ1) is 17.4. The summed E-state index contributed by atoms with van der Waals surface area (Å²) in [5, 5.41) is 4.74. The minimum absolute atomic E-state index is 0.135. The molecule has 7 nitrogen and oxygen atoms in total. The maximum Gasteiger partial charge on any atom is 0.132 e. The number of ether oxygens (including phenoxy) is 2. The Hall–Kier alpha value is -1.99. The second kappa shape index (κ2) is 8.14. The molecule has 1 fully saturated rings. The summed E-state index contributed by atoms with van der Waals surface area (Å²) in [6.07, 6.45) is 8.66. The Balaban J connectivity index is 1.62. The fourth-order valence-electron chi connectivity index (χ4n) is 4.00. The molecule has 0 aromatic carbocycles. The molecule has 2 aromatic heterocycles. The molecule has 0 saturated carbocycles. The van der Waals surface area contributed by atoms with Crippen molar-refractivity contribution in [1.82, 2.24) is 19.7 Å². The summed E-state index contributed by atoms with van der Waals surface area (Å²) in [5.41, 5.74) is 2.63. The van der Waals surface area contributed by atoms with Gasteiger partial charge in [-0.2, -0.15) is 5.10 Å². The summed E-state index contributed by atoms with van der Waals surface area (Å²) in [6.45, 7) is 7.00. The monoisotopic (exact) mass is 357 g/mol. The fourth-order valence-corrected chi connectivity index (χ4v) is 4.00. The largest absolute Gasteiger partial charge is 0.381 e. The second-order valence-corrected chi connectivity index (χ2v) is 6.98. The zero-order valence-electron chi connectivity index (χ0n) is 15.4. The molecule has 2 aliphatic rings. The van der Waals surface area contributed by atoms with E-state index in [0.717, 1.165) is 51.4 Å². The van der Waals surface area contributed by atoms with E-state index in [1.807, 2.05) is 19.2 Å². The number of fused-ring (bicyclic) bond motifs is 1. The summed E-state index contributed by atoms with van der Waals surface area (Å²) in [7, 11) is 0. The molecule has 0 N–H and O–H groups in total. The predicted molar refractivity (Wildman–Crippen MR) is 98.1 cm³/mol. The van der Waals surface area contributed by atoms with E-state index < -0.39 is 0 Å². The highest BCUT2D eigenvalue weighted by molar-refractivity contribution is 5.44. The van der Waals surface area contributed by atoms with Gasteiger partial charge in [-0.15, -0.1) is 0 Å². The maximum absolute atomic E-state index is 5.85. The first-order valence-corrected chi connectivity index (χ1v) is 9.59. The van der Waals surface area contributed by atoms with E-state index in [-0.39, 0.29) is 6.04 Å². The molecule has 2 aromatic rings. The van der Waals surface area contributed by atoms with Gasteiger partial charge in [0, 0.05) is 39.1 Å². The van der Waals surface area contributed by atoms with Crippen LogP contribution in [-0.4, -0.2) is 52.7 Å². The van der Waals surface area contributed by atoms with Crippen LogP contribution in [0.1, 0.15) is 37.1 Å². The topological polar surface area (TPSA) is 65.3 Å². The fraction of sp³-hybridized carbons (Fsp3) is 0.632. The lowest BCUT2D eigenvalue weighted by Crippen LogP contribution is -2.40. The minimum Gasteiger partial charge on any atom is -0.381 e. The van der Waals surface area contributed by atoms with Gasteiger partial charge in [-0.25, -0.2) is 9.97 Å². The molecule has 1 unspecified atom stereocenters. The summed E-state index contributed by atoms with van der Waals surface area (Å²) in [4.78, 5) is 10.9. The molecule has 140 valence electrons. The van der Waals surface area contributed by atoms with Crippen molar-refractivity contribution in [2.45, 2.75) is 38.8 Å². The van der Waals surface area contributed by atoms with Gasteiger partial charge in [0.2, 0.25) is 0 Å². The summed E-state index contributed by atoms with van der Waals surface area (Å²) < 4.78 is 13.6. The highest BCUT2D eigenvalue weighted by atomic mass is 16.5. The molecule has 0 amide bonds.